The van der Waals surface area contributed by atoms with Crippen molar-refractivity contribution in [1.82, 2.24) is 0 Å². The minimum Gasteiger partial charge on any atom is -0.481 e. The minimum absolute atomic E-state index is 0.106. The van der Waals surface area contributed by atoms with Gasteiger partial charge in [-0.15, -0.1) is 0 Å². The van der Waals surface area contributed by atoms with Crippen molar-refractivity contribution in [3.8, 4) is 5.75 Å². The van der Waals surface area contributed by atoms with Crippen LogP contribution in [0.5, 0.6) is 5.75 Å². The van der Waals surface area contributed by atoms with Crippen molar-refractivity contribution < 1.29 is 17.9 Å². The van der Waals surface area contributed by atoms with Gasteiger partial charge in [0.15, 0.2) is 6.10 Å². The molecule has 0 saturated carbocycles. The highest BCUT2D eigenvalue weighted by atomic mass is 32.2. The Bertz CT molecular complexity index is 1140. The van der Waals surface area contributed by atoms with Crippen molar-refractivity contribution in [2.75, 3.05) is 10.0 Å². The van der Waals surface area contributed by atoms with Gasteiger partial charge in [0.2, 0.25) is 0 Å². The Labute approximate surface area is 183 Å². The zero-order valence-electron chi connectivity index (χ0n) is 17.8. The van der Waals surface area contributed by atoms with Gasteiger partial charge in [-0.1, -0.05) is 36.8 Å². The molecule has 3 rings (SSSR count). The monoisotopic (exact) mass is 438 g/mol. The molecule has 0 radical (unpaired) electrons. The van der Waals surface area contributed by atoms with Crippen LogP contribution in [0.3, 0.4) is 0 Å². The number of aryl methyl sites for hydroxylation is 2. The summed E-state index contributed by atoms with van der Waals surface area (Å²) in [4.78, 5) is 12.7. The Morgan fingerprint density at radius 3 is 2.19 bits per heavy atom. The third-order valence-corrected chi connectivity index (χ3v) is 6.06. The van der Waals surface area contributed by atoms with Crippen molar-refractivity contribution in [1.29, 1.82) is 0 Å². The molecule has 3 aromatic carbocycles. The number of rotatable bonds is 8. The van der Waals surface area contributed by atoms with Crippen molar-refractivity contribution in [2.45, 2.75) is 38.2 Å². The summed E-state index contributed by atoms with van der Waals surface area (Å²) >= 11 is 0. The van der Waals surface area contributed by atoms with Crippen molar-refractivity contribution >= 4 is 27.3 Å². The van der Waals surface area contributed by atoms with Crippen LogP contribution in [0, 0.1) is 13.8 Å². The average Bonchev–Trinajstić information content (AvgIpc) is 2.73. The summed E-state index contributed by atoms with van der Waals surface area (Å²) in [6.07, 6.45) is -0.166. The molecule has 1 amide bonds. The lowest BCUT2D eigenvalue weighted by atomic mass is 10.2. The van der Waals surface area contributed by atoms with E-state index in [-0.39, 0.29) is 10.8 Å². The predicted octanol–water partition coefficient (Wildman–Crippen LogP) is 4.90. The number of hydrogen-bond donors (Lipinski definition) is 2. The molecule has 0 aliphatic heterocycles. The van der Waals surface area contributed by atoms with Crippen LogP contribution in [0.1, 0.15) is 24.5 Å². The second-order valence-electron chi connectivity index (χ2n) is 7.32. The molecular weight excluding hydrogens is 412 g/mol. The van der Waals surface area contributed by atoms with Gasteiger partial charge >= 0.3 is 0 Å². The lowest BCUT2D eigenvalue weighted by molar-refractivity contribution is -0.122. The standard InChI is InChI=1S/C24H26N2O4S/c1-4-23(30-21-12-8-17(2)9-13-21)24(27)25-19-10-14-22(15-11-19)31(28,29)26-20-7-5-6-18(3)16-20/h5-16,23,26H,4H2,1-3H3,(H,25,27)/t23-/m1/s1. The van der Waals surface area contributed by atoms with Crippen LogP contribution in [0.25, 0.3) is 0 Å². The molecule has 2 N–H and O–H groups in total. The molecule has 0 aromatic heterocycles. The van der Waals surface area contributed by atoms with Crippen molar-refractivity contribution in [2.24, 2.45) is 0 Å². The first-order valence-corrected chi connectivity index (χ1v) is 11.5. The molecule has 1 atom stereocenters. The predicted molar refractivity (Wildman–Crippen MR) is 123 cm³/mol. The van der Waals surface area contributed by atoms with Crippen LogP contribution >= 0.6 is 0 Å². The number of nitrogens with one attached hydrogen (secondary N) is 2. The molecule has 3 aromatic rings. The molecule has 0 aliphatic rings. The van der Waals surface area contributed by atoms with Gasteiger partial charge in [0.1, 0.15) is 5.75 Å². The highest BCUT2D eigenvalue weighted by molar-refractivity contribution is 7.92. The van der Waals surface area contributed by atoms with E-state index in [0.29, 0.717) is 23.5 Å². The molecule has 0 heterocycles. The van der Waals surface area contributed by atoms with Gasteiger partial charge in [-0.3, -0.25) is 9.52 Å². The fourth-order valence-electron chi connectivity index (χ4n) is 2.97. The van der Waals surface area contributed by atoms with Gasteiger partial charge in [0.05, 0.1) is 4.90 Å². The fourth-order valence-corrected chi connectivity index (χ4v) is 4.02. The van der Waals surface area contributed by atoms with E-state index in [9.17, 15) is 13.2 Å². The van der Waals surface area contributed by atoms with Crippen LogP contribution in [0.2, 0.25) is 0 Å². The van der Waals surface area contributed by atoms with Gasteiger partial charge in [0, 0.05) is 11.4 Å². The molecule has 7 heteroatoms. The number of carbonyl (C=O) groups excluding carboxylic acids is 1. The number of hydrogen-bond acceptors (Lipinski definition) is 4. The lowest BCUT2D eigenvalue weighted by Gasteiger charge is -2.17. The Kier molecular flexibility index (Phi) is 6.97. The lowest BCUT2D eigenvalue weighted by Crippen LogP contribution is -2.32. The van der Waals surface area contributed by atoms with E-state index < -0.39 is 16.1 Å². The van der Waals surface area contributed by atoms with Gasteiger partial charge in [0.25, 0.3) is 15.9 Å². The third-order valence-electron chi connectivity index (χ3n) is 4.66. The summed E-state index contributed by atoms with van der Waals surface area (Å²) in [5, 5.41) is 2.78. The molecule has 0 unspecified atom stereocenters. The Morgan fingerprint density at radius 2 is 1.58 bits per heavy atom. The first-order valence-electron chi connectivity index (χ1n) is 10.0. The summed E-state index contributed by atoms with van der Waals surface area (Å²) in [6.45, 7) is 5.74. The second kappa shape index (κ2) is 9.66. The maximum absolute atomic E-state index is 12.6. The first-order chi connectivity index (χ1) is 14.8. The van der Waals surface area contributed by atoms with Gasteiger partial charge in [-0.25, -0.2) is 8.42 Å². The van der Waals surface area contributed by atoms with E-state index in [1.54, 1.807) is 30.3 Å². The van der Waals surface area contributed by atoms with Gasteiger partial charge in [-0.05, 0) is 74.4 Å². The number of ether oxygens (including phenoxy) is 1. The molecule has 162 valence electrons. The third kappa shape index (κ3) is 6.08. The Balaban J connectivity index is 1.66. The molecule has 6 nitrogen and oxygen atoms in total. The van der Waals surface area contributed by atoms with E-state index in [2.05, 4.69) is 10.0 Å². The summed E-state index contributed by atoms with van der Waals surface area (Å²) < 4.78 is 33.6. The fraction of sp³-hybridized carbons (Fsp3) is 0.208. The average molecular weight is 439 g/mol. The number of sulfonamides is 1. The normalized spacial score (nSPS) is 12.1. The van der Waals surface area contributed by atoms with E-state index >= 15 is 0 Å². The quantitative estimate of drug-likeness (QED) is 0.524. The SMILES string of the molecule is CC[C@@H](Oc1ccc(C)cc1)C(=O)Nc1ccc(S(=O)(=O)Nc2cccc(C)c2)cc1. The van der Waals surface area contributed by atoms with Crippen LogP contribution < -0.4 is 14.8 Å². The van der Waals surface area contributed by atoms with Gasteiger partial charge < -0.3 is 10.1 Å². The largest absolute Gasteiger partial charge is 0.481 e. The van der Waals surface area contributed by atoms with Crippen LogP contribution in [0.4, 0.5) is 11.4 Å². The Morgan fingerprint density at radius 1 is 0.903 bits per heavy atom. The first kappa shape index (κ1) is 22.4. The molecule has 0 fully saturated rings. The smallest absolute Gasteiger partial charge is 0.265 e. The highest BCUT2D eigenvalue weighted by Gasteiger charge is 2.19. The highest BCUT2D eigenvalue weighted by Crippen LogP contribution is 2.20. The van der Waals surface area contributed by atoms with Crippen molar-refractivity contribution in [3.63, 3.8) is 0 Å². The Hall–Kier alpha value is -3.32. The molecule has 0 saturated heterocycles. The molecule has 31 heavy (non-hydrogen) atoms. The van der Waals surface area contributed by atoms with E-state index in [1.807, 2.05) is 51.1 Å². The number of anilines is 2. The maximum atomic E-state index is 12.6. The topological polar surface area (TPSA) is 84.5 Å². The molecular formula is C24H26N2O4S. The van der Waals surface area contributed by atoms with Crippen molar-refractivity contribution in [3.05, 3.63) is 83.9 Å². The van der Waals surface area contributed by atoms with Crippen LogP contribution in [-0.2, 0) is 14.8 Å². The van der Waals surface area contributed by atoms with Crippen LogP contribution in [0.15, 0.2) is 77.7 Å². The van der Waals surface area contributed by atoms with Crippen LogP contribution in [-0.4, -0.2) is 20.4 Å². The summed E-state index contributed by atoms with van der Waals surface area (Å²) in [7, 11) is -3.73. The number of carbonyl (C=O) groups is 1. The summed E-state index contributed by atoms with van der Waals surface area (Å²) in [5.74, 6) is 0.327. The minimum atomic E-state index is -3.73. The zero-order chi connectivity index (χ0) is 22.4. The number of amides is 1. The maximum Gasteiger partial charge on any atom is 0.265 e. The van der Waals surface area contributed by atoms with E-state index in [0.717, 1.165) is 11.1 Å². The molecule has 0 spiro atoms. The summed E-state index contributed by atoms with van der Waals surface area (Å²) in [5.41, 5.74) is 3.05. The summed E-state index contributed by atoms with van der Waals surface area (Å²) in [6, 6.07) is 20.6. The number of benzene rings is 3. The second-order valence-corrected chi connectivity index (χ2v) is 9.00. The molecule has 0 aliphatic carbocycles. The zero-order valence-corrected chi connectivity index (χ0v) is 18.6. The van der Waals surface area contributed by atoms with Gasteiger partial charge in [-0.2, -0.15) is 0 Å². The van der Waals surface area contributed by atoms with E-state index in [1.165, 1.54) is 12.1 Å². The molecule has 0 bridgehead atoms. The van der Waals surface area contributed by atoms with E-state index in [4.69, 9.17) is 4.74 Å².